The van der Waals surface area contributed by atoms with E-state index in [2.05, 4.69) is 23.7 Å². The summed E-state index contributed by atoms with van der Waals surface area (Å²) in [4.78, 5) is 2.46. The van der Waals surface area contributed by atoms with E-state index in [4.69, 9.17) is 9.84 Å². The van der Waals surface area contributed by atoms with Gasteiger partial charge in [-0.3, -0.25) is 4.90 Å². The Labute approximate surface area is 127 Å². The van der Waals surface area contributed by atoms with Gasteiger partial charge < -0.3 is 9.84 Å². The van der Waals surface area contributed by atoms with Crippen LogP contribution in [0.15, 0.2) is 24.3 Å². The molecule has 1 aliphatic rings. The Bertz CT molecular complexity index is 468. The molecule has 3 nitrogen and oxygen atoms in total. The van der Waals surface area contributed by atoms with Gasteiger partial charge in [0.15, 0.2) is 0 Å². The molecule has 0 atom stereocenters. The molecule has 1 fully saturated rings. The number of ether oxygens (including phenoxy) is 1. The highest BCUT2D eigenvalue weighted by atomic mass is 16.5. The monoisotopic (exact) mass is 287 g/mol. The molecule has 0 aliphatic heterocycles. The van der Waals surface area contributed by atoms with Gasteiger partial charge in [-0.05, 0) is 49.6 Å². The minimum absolute atomic E-state index is 0.114. The summed E-state index contributed by atoms with van der Waals surface area (Å²) in [6.07, 6.45) is 3.32. The van der Waals surface area contributed by atoms with Gasteiger partial charge in [-0.25, -0.2) is 0 Å². The van der Waals surface area contributed by atoms with E-state index < -0.39 is 0 Å². The minimum atomic E-state index is 0.114. The quantitative estimate of drug-likeness (QED) is 0.746. The average molecular weight is 287 g/mol. The van der Waals surface area contributed by atoms with Crippen LogP contribution in [0.3, 0.4) is 0 Å². The molecule has 0 spiro atoms. The lowest BCUT2D eigenvalue weighted by atomic mass is 10.2. The summed E-state index contributed by atoms with van der Waals surface area (Å²) in [5.74, 6) is 7.75. The number of hydrogen-bond donors (Lipinski definition) is 1. The minimum Gasteiger partial charge on any atom is -0.492 e. The Balaban J connectivity index is 1.71. The molecule has 3 heteroatoms. The molecule has 1 N–H and O–H groups in total. The van der Waals surface area contributed by atoms with Crippen molar-refractivity contribution in [1.82, 2.24) is 4.90 Å². The molecule has 1 aromatic rings. The van der Waals surface area contributed by atoms with Crippen LogP contribution in [-0.2, 0) is 0 Å². The van der Waals surface area contributed by atoms with E-state index >= 15 is 0 Å². The highest BCUT2D eigenvalue weighted by Gasteiger charge is 2.23. The Morgan fingerprint density at radius 1 is 1.29 bits per heavy atom. The average Bonchev–Trinajstić information content (AvgIpc) is 3.32. The zero-order valence-electron chi connectivity index (χ0n) is 12.8. The molecule has 0 unspecified atom stereocenters. The predicted molar refractivity (Wildman–Crippen MR) is 85.4 cm³/mol. The van der Waals surface area contributed by atoms with E-state index in [0.717, 1.165) is 36.9 Å². The number of likely N-dealkylation sites (N-methyl/N-ethyl adjacent to an activating group) is 1. The molecular weight excluding hydrogens is 262 g/mol. The topological polar surface area (TPSA) is 32.7 Å². The van der Waals surface area contributed by atoms with Crippen LogP contribution in [0.1, 0.15) is 31.7 Å². The number of hydrogen-bond acceptors (Lipinski definition) is 3. The van der Waals surface area contributed by atoms with Crippen molar-refractivity contribution in [3.8, 4) is 17.6 Å². The van der Waals surface area contributed by atoms with Crippen molar-refractivity contribution in [3.63, 3.8) is 0 Å². The first-order chi connectivity index (χ1) is 10.3. The lowest BCUT2D eigenvalue weighted by Gasteiger charge is -2.20. The van der Waals surface area contributed by atoms with E-state index in [9.17, 15) is 0 Å². The van der Waals surface area contributed by atoms with E-state index in [1.165, 1.54) is 19.4 Å². The molecule has 0 bridgehead atoms. The van der Waals surface area contributed by atoms with Crippen molar-refractivity contribution < 1.29 is 9.84 Å². The molecule has 21 heavy (non-hydrogen) atoms. The zero-order valence-corrected chi connectivity index (χ0v) is 12.8. The Morgan fingerprint density at radius 3 is 2.67 bits per heavy atom. The van der Waals surface area contributed by atoms with Crippen LogP contribution in [0.5, 0.6) is 5.75 Å². The lowest BCUT2D eigenvalue weighted by molar-refractivity contribution is 0.210. The molecule has 0 aromatic heterocycles. The molecule has 0 radical (unpaired) electrons. The Morgan fingerprint density at radius 2 is 2.05 bits per heavy atom. The summed E-state index contributed by atoms with van der Waals surface area (Å²) in [5, 5.41) is 8.68. The summed E-state index contributed by atoms with van der Waals surface area (Å²) in [6, 6.07) is 7.84. The second-order valence-electron chi connectivity index (χ2n) is 5.48. The lowest BCUT2D eigenvalue weighted by Crippen LogP contribution is -2.30. The zero-order chi connectivity index (χ0) is 14.9. The van der Waals surface area contributed by atoms with Gasteiger partial charge in [-0.15, -0.1) is 0 Å². The van der Waals surface area contributed by atoms with Crippen LogP contribution in [0.4, 0.5) is 0 Å². The standard InChI is InChI=1S/C18H25NO2/c1-2-19(15-17-6-7-17)12-14-21-18-10-8-16(9-11-18)5-3-4-13-20/h8-11,17,20H,2,4,6-7,12-15H2,1H3. The van der Waals surface area contributed by atoms with Crippen molar-refractivity contribution in [1.29, 1.82) is 0 Å². The van der Waals surface area contributed by atoms with Gasteiger partial charge in [-0.1, -0.05) is 18.8 Å². The maximum Gasteiger partial charge on any atom is 0.119 e. The van der Waals surface area contributed by atoms with Crippen molar-refractivity contribution in [2.45, 2.75) is 26.2 Å². The molecular formula is C18H25NO2. The third-order valence-electron chi connectivity index (χ3n) is 3.66. The van der Waals surface area contributed by atoms with E-state index in [1.807, 2.05) is 24.3 Å². The molecule has 0 heterocycles. The Hall–Kier alpha value is -1.50. The predicted octanol–water partition coefficient (Wildman–Crippen LogP) is 2.53. The largest absolute Gasteiger partial charge is 0.492 e. The van der Waals surface area contributed by atoms with Gasteiger partial charge in [0.05, 0.1) is 6.61 Å². The third-order valence-corrected chi connectivity index (χ3v) is 3.66. The van der Waals surface area contributed by atoms with E-state index in [1.54, 1.807) is 0 Å². The van der Waals surface area contributed by atoms with Crippen LogP contribution in [0, 0.1) is 17.8 Å². The van der Waals surface area contributed by atoms with E-state index in [-0.39, 0.29) is 6.61 Å². The van der Waals surface area contributed by atoms with Crippen LogP contribution < -0.4 is 4.74 Å². The van der Waals surface area contributed by atoms with E-state index in [0.29, 0.717) is 6.42 Å². The van der Waals surface area contributed by atoms with Gasteiger partial charge >= 0.3 is 0 Å². The summed E-state index contributed by atoms with van der Waals surface area (Å²) in [7, 11) is 0. The number of nitrogens with zero attached hydrogens (tertiary/aromatic N) is 1. The second kappa shape index (κ2) is 8.71. The number of aliphatic hydroxyl groups excluding tert-OH is 1. The summed E-state index contributed by atoms with van der Waals surface area (Å²) < 4.78 is 5.79. The molecule has 2 rings (SSSR count). The summed E-state index contributed by atoms with van der Waals surface area (Å²) in [5.41, 5.74) is 0.958. The molecule has 1 aliphatic carbocycles. The maximum atomic E-state index is 8.68. The number of aliphatic hydroxyl groups is 1. The van der Waals surface area contributed by atoms with Crippen LogP contribution in [0.25, 0.3) is 0 Å². The van der Waals surface area contributed by atoms with Gasteiger partial charge in [0.2, 0.25) is 0 Å². The first-order valence-corrected chi connectivity index (χ1v) is 7.86. The van der Waals surface area contributed by atoms with Crippen molar-refractivity contribution in [2.75, 3.05) is 32.8 Å². The Kier molecular flexibility index (Phi) is 6.59. The molecule has 0 amide bonds. The first kappa shape index (κ1) is 15.9. The molecule has 1 saturated carbocycles. The smallest absolute Gasteiger partial charge is 0.119 e. The van der Waals surface area contributed by atoms with Crippen LogP contribution >= 0.6 is 0 Å². The highest BCUT2D eigenvalue weighted by Crippen LogP contribution is 2.29. The van der Waals surface area contributed by atoms with Crippen molar-refractivity contribution in [2.24, 2.45) is 5.92 Å². The molecule has 1 aromatic carbocycles. The third kappa shape index (κ3) is 6.20. The fraction of sp³-hybridized carbons (Fsp3) is 0.556. The number of rotatable bonds is 8. The van der Waals surface area contributed by atoms with Gasteiger partial charge in [0, 0.05) is 25.1 Å². The SMILES string of the molecule is CCN(CCOc1ccc(C#CCCO)cc1)CC1CC1. The van der Waals surface area contributed by atoms with Crippen LogP contribution in [-0.4, -0.2) is 42.9 Å². The van der Waals surface area contributed by atoms with Gasteiger partial charge in [-0.2, -0.15) is 0 Å². The highest BCUT2D eigenvalue weighted by molar-refractivity contribution is 5.38. The van der Waals surface area contributed by atoms with Crippen molar-refractivity contribution in [3.05, 3.63) is 29.8 Å². The fourth-order valence-electron chi connectivity index (χ4n) is 2.19. The molecule has 0 saturated heterocycles. The van der Waals surface area contributed by atoms with Crippen molar-refractivity contribution >= 4 is 0 Å². The second-order valence-corrected chi connectivity index (χ2v) is 5.48. The summed E-state index contributed by atoms with van der Waals surface area (Å²) in [6.45, 7) is 6.37. The maximum absolute atomic E-state index is 8.68. The van der Waals surface area contributed by atoms with Crippen LogP contribution in [0.2, 0.25) is 0 Å². The molecule has 114 valence electrons. The fourth-order valence-corrected chi connectivity index (χ4v) is 2.19. The normalized spacial score (nSPS) is 13.9. The van der Waals surface area contributed by atoms with Gasteiger partial charge in [0.1, 0.15) is 12.4 Å². The summed E-state index contributed by atoms with van der Waals surface area (Å²) >= 11 is 0. The number of benzene rings is 1. The first-order valence-electron chi connectivity index (χ1n) is 7.86. The van der Waals surface area contributed by atoms with Gasteiger partial charge in [0.25, 0.3) is 0 Å².